The molecule has 0 aromatic heterocycles. The molecule has 2 saturated heterocycles. The molecule has 3 heteroatoms. The van der Waals surface area contributed by atoms with Gasteiger partial charge in [0, 0.05) is 43.0 Å². The maximum atomic E-state index is 5.69. The standard InChI is InChI=1S/C13H19N3/c1-2-15-7-13(8-15)9-16(10-13)12-5-3-11(14)4-6-12/h3-6H,2,7-10,14H2,1H3. The van der Waals surface area contributed by atoms with Crippen molar-refractivity contribution in [3.05, 3.63) is 24.3 Å². The maximum Gasteiger partial charge on any atom is 0.0368 e. The Morgan fingerprint density at radius 2 is 1.75 bits per heavy atom. The third-order valence-corrected chi connectivity index (χ3v) is 3.88. The van der Waals surface area contributed by atoms with E-state index in [0.717, 1.165) is 5.69 Å². The van der Waals surface area contributed by atoms with Crippen LogP contribution in [0.2, 0.25) is 0 Å². The van der Waals surface area contributed by atoms with Gasteiger partial charge in [0.1, 0.15) is 0 Å². The van der Waals surface area contributed by atoms with Gasteiger partial charge in [-0.15, -0.1) is 0 Å². The fourth-order valence-corrected chi connectivity index (χ4v) is 2.96. The van der Waals surface area contributed by atoms with Crippen molar-refractivity contribution in [1.82, 2.24) is 4.90 Å². The number of nitrogens with zero attached hydrogens (tertiary/aromatic N) is 2. The molecule has 0 unspecified atom stereocenters. The molecule has 1 aromatic rings. The third-order valence-electron chi connectivity index (χ3n) is 3.88. The van der Waals surface area contributed by atoms with Crippen molar-refractivity contribution in [2.45, 2.75) is 6.92 Å². The van der Waals surface area contributed by atoms with Crippen LogP contribution in [0.1, 0.15) is 6.92 Å². The van der Waals surface area contributed by atoms with Crippen molar-refractivity contribution in [2.24, 2.45) is 5.41 Å². The first-order valence-electron chi connectivity index (χ1n) is 6.04. The molecule has 0 bridgehead atoms. The van der Waals surface area contributed by atoms with E-state index in [-0.39, 0.29) is 0 Å². The van der Waals surface area contributed by atoms with Crippen LogP contribution in [-0.2, 0) is 0 Å². The molecule has 3 nitrogen and oxygen atoms in total. The highest BCUT2D eigenvalue weighted by atomic mass is 15.3. The summed E-state index contributed by atoms with van der Waals surface area (Å²) in [4.78, 5) is 4.97. The van der Waals surface area contributed by atoms with Crippen LogP contribution in [0.25, 0.3) is 0 Å². The molecule has 16 heavy (non-hydrogen) atoms. The Labute approximate surface area is 96.8 Å². The zero-order valence-corrected chi connectivity index (χ0v) is 9.82. The normalized spacial score (nSPS) is 22.9. The Morgan fingerprint density at radius 3 is 2.31 bits per heavy atom. The molecule has 0 radical (unpaired) electrons. The summed E-state index contributed by atoms with van der Waals surface area (Å²) in [6.07, 6.45) is 0. The topological polar surface area (TPSA) is 32.5 Å². The predicted molar refractivity (Wildman–Crippen MR) is 67.6 cm³/mol. The monoisotopic (exact) mass is 217 g/mol. The second-order valence-electron chi connectivity index (χ2n) is 5.25. The van der Waals surface area contributed by atoms with Gasteiger partial charge >= 0.3 is 0 Å². The highest BCUT2D eigenvalue weighted by Gasteiger charge is 2.50. The van der Waals surface area contributed by atoms with Gasteiger partial charge in [-0.3, -0.25) is 0 Å². The second kappa shape index (κ2) is 3.39. The number of hydrogen-bond acceptors (Lipinski definition) is 3. The van der Waals surface area contributed by atoms with Crippen LogP contribution in [0.3, 0.4) is 0 Å². The quantitative estimate of drug-likeness (QED) is 0.760. The lowest BCUT2D eigenvalue weighted by molar-refractivity contribution is -0.0177. The maximum absolute atomic E-state index is 5.69. The molecule has 2 aliphatic heterocycles. The van der Waals surface area contributed by atoms with Crippen molar-refractivity contribution in [1.29, 1.82) is 0 Å². The average molecular weight is 217 g/mol. The minimum absolute atomic E-state index is 0.609. The summed E-state index contributed by atoms with van der Waals surface area (Å²) < 4.78 is 0. The van der Waals surface area contributed by atoms with E-state index in [1.165, 1.54) is 38.4 Å². The predicted octanol–water partition coefficient (Wildman–Crippen LogP) is 1.41. The molecule has 86 valence electrons. The van der Waals surface area contributed by atoms with Crippen molar-refractivity contribution in [3.63, 3.8) is 0 Å². The highest BCUT2D eigenvalue weighted by molar-refractivity contribution is 5.55. The van der Waals surface area contributed by atoms with Gasteiger partial charge in [-0.05, 0) is 30.8 Å². The Kier molecular flexibility index (Phi) is 2.11. The molecule has 2 aliphatic rings. The first-order valence-corrected chi connectivity index (χ1v) is 6.04. The molecule has 2 heterocycles. The largest absolute Gasteiger partial charge is 0.399 e. The fourth-order valence-electron chi connectivity index (χ4n) is 2.96. The minimum atomic E-state index is 0.609. The van der Waals surface area contributed by atoms with E-state index in [1.807, 2.05) is 12.1 Å². The molecule has 1 spiro atoms. The van der Waals surface area contributed by atoms with E-state index in [9.17, 15) is 0 Å². The van der Waals surface area contributed by atoms with E-state index >= 15 is 0 Å². The Morgan fingerprint density at radius 1 is 1.12 bits per heavy atom. The van der Waals surface area contributed by atoms with E-state index < -0.39 is 0 Å². The summed E-state index contributed by atoms with van der Waals surface area (Å²) in [7, 11) is 0. The number of nitrogens with two attached hydrogens (primary N) is 1. The summed E-state index contributed by atoms with van der Waals surface area (Å²) in [5, 5.41) is 0. The van der Waals surface area contributed by atoms with Gasteiger partial charge in [0.25, 0.3) is 0 Å². The van der Waals surface area contributed by atoms with Gasteiger partial charge in [-0.25, -0.2) is 0 Å². The van der Waals surface area contributed by atoms with Crippen LogP contribution in [0.4, 0.5) is 11.4 Å². The van der Waals surface area contributed by atoms with Crippen LogP contribution in [-0.4, -0.2) is 37.6 Å². The van der Waals surface area contributed by atoms with E-state index in [2.05, 4.69) is 28.9 Å². The Hall–Kier alpha value is -1.22. The zero-order valence-electron chi connectivity index (χ0n) is 9.82. The summed E-state index contributed by atoms with van der Waals surface area (Å²) >= 11 is 0. The van der Waals surface area contributed by atoms with Gasteiger partial charge in [0.15, 0.2) is 0 Å². The highest BCUT2D eigenvalue weighted by Crippen LogP contribution is 2.41. The molecule has 0 atom stereocenters. The number of rotatable bonds is 2. The molecular formula is C13H19N3. The lowest BCUT2D eigenvalue weighted by atomic mass is 9.72. The van der Waals surface area contributed by atoms with Crippen LogP contribution >= 0.6 is 0 Å². The number of anilines is 2. The molecule has 2 fully saturated rings. The number of nitrogen functional groups attached to an aromatic ring is 1. The van der Waals surface area contributed by atoms with Crippen molar-refractivity contribution < 1.29 is 0 Å². The van der Waals surface area contributed by atoms with Crippen LogP contribution in [0.15, 0.2) is 24.3 Å². The zero-order chi connectivity index (χ0) is 11.2. The van der Waals surface area contributed by atoms with Crippen LogP contribution in [0.5, 0.6) is 0 Å². The van der Waals surface area contributed by atoms with Gasteiger partial charge in [-0.1, -0.05) is 6.92 Å². The SMILES string of the molecule is CCN1CC2(C1)CN(c1ccc(N)cc1)C2. The molecule has 3 rings (SSSR count). The van der Waals surface area contributed by atoms with Crippen LogP contribution < -0.4 is 10.6 Å². The second-order valence-corrected chi connectivity index (χ2v) is 5.25. The molecule has 0 amide bonds. The van der Waals surface area contributed by atoms with Gasteiger partial charge in [0.2, 0.25) is 0 Å². The van der Waals surface area contributed by atoms with Crippen molar-refractivity contribution in [2.75, 3.05) is 43.4 Å². The lowest BCUT2D eigenvalue weighted by Gasteiger charge is -2.61. The van der Waals surface area contributed by atoms with E-state index in [1.54, 1.807) is 0 Å². The Bertz CT molecular complexity index is 371. The van der Waals surface area contributed by atoms with Gasteiger partial charge in [-0.2, -0.15) is 0 Å². The van der Waals surface area contributed by atoms with Crippen LogP contribution in [0, 0.1) is 5.41 Å². The summed E-state index contributed by atoms with van der Waals surface area (Å²) in [6, 6.07) is 8.22. The lowest BCUT2D eigenvalue weighted by Crippen LogP contribution is -2.72. The van der Waals surface area contributed by atoms with E-state index in [0.29, 0.717) is 5.41 Å². The molecule has 2 N–H and O–H groups in total. The van der Waals surface area contributed by atoms with Crippen molar-refractivity contribution in [3.8, 4) is 0 Å². The van der Waals surface area contributed by atoms with Gasteiger partial charge < -0.3 is 15.5 Å². The number of benzene rings is 1. The third kappa shape index (κ3) is 1.47. The first kappa shape index (κ1) is 9.97. The first-order chi connectivity index (χ1) is 7.71. The minimum Gasteiger partial charge on any atom is -0.399 e. The molecule has 0 saturated carbocycles. The molecule has 1 aromatic carbocycles. The molecule has 0 aliphatic carbocycles. The Balaban J connectivity index is 1.60. The number of likely N-dealkylation sites (tertiary alicyclic amines) is 1. The fraction of sp³-hybridized carbons (Fsp3) is 0.538. The number of hydrogen-bond donors (Lipinski definition) is 1. The molecular weight excluding hydrogens is 198 g/mol. The van der Waals surface area contributed by atoms with Gasteiger partial charge in [0.05, 0.1) is 0 Å². The smallest absolute Gasteiger partial charge is 0.0368 e. The van der Waals surface area contributed by atoms with Crippen molar-refractivity contribution >= 4 is 11.4 Å². The average Bonchev–Trinajstić information content (AvgIpc) is 2.17. The van der Waals surface area contributed by atoms with E-state index in [4.69, 9.17) is 5.73 Å². The summed E-state index contributed by atoms with van der Waals surface area (Å²) in [5.74, 6) is 0. The summed E-state index contributed by atoms with van der Waals surface area (Å²) in [5.41, 5.74) is 8.46. The summed E-state index contributed by atoms with van der Waals surface area (Å²) in [6.45, 7) is 8.44.